The quantitative estimate of drug-likeness (QED) is 0.887. The summed E-state index contributed by atoms with van der Waals surface area (Å²) in [5.74, 6) is 2.46. The average Bonchev–Trinajstić information content (AvgIpc) is 3.51. The molecule has 0 aliphatic heterocycles. The van der Waals surface area contributed by atoms with Gasteiger partial charge in [-0.15, -0.1) is 0 Å². The molecule has 1 N–H and O–H groups in total. The Labute approximate surface area is 135 Å². The first-order valence-electron chi connectivity index (χ1n) is 8.16. The van der Waals surface area contributed by atoms with Gasteiger partial charge in [-0.25, -0.2) is 0 Å². The van der Waals surface area contributed by atoms with Gasteiger partial charge in [0.1, 0.15) is 11.5 Å². The highest BCUT2D eigenvalue weighted by atomic mass is 16.5. The minimum Gasteiger partial charge on any atom is -0.497 e. The minimum atomic E-state index is -0.159. The second-order valence-corrected chi connectivity index (χ2v) is 6.45. The molecule has 1 amide bonds. The van der Waals surface area contributed by atoms with Crippen molar-refractivity contribution >= 4 is 5.91 Å². The number of benzene rings is 1. The summed E-state index contributed by atoms with van der Waals surface area (Å²) >= 11 is 0. The van der Waals surface area contributed by atoms with Crippen molar-refractivity contribution in [2.75, 3.05) is 7.11 Å². The molecule has 120 valence electrons. The van der Waals surface area contributed by atoms with Gasteiger partial charge in [-0.05, 0) is 49.3 Å². The van der Waals surface area contributed by atoms with Gasteiger partial charge < -0.3 is 14.6 Å². The van der Waals surface area contributed by atoms with Crippen LogP contribution in [0.2, 0.25) is 0 Å². The lowest BCUT2D eigenvalue weighted by atomic mass is 10.0. The highest BCUT2D eigenvalue weighted by molar-refractivity contribution is 5.92. The fourth-order valence-electron chi connectivity index (χ4n) is 2.89. The Balaban J connectivity index is 1.49. The zero-order chi connectivity index (χ0) is 15.8. The Bertz CT molecular complexity index is 699. The van der Waals surface area contributed by atoms with E-state index in [9.17, 15) is 4.79 Å². The highest BCUT2D eigenvalue weighted by Crippen LogP contribution is 2.42. The number of ether oxygens (including phenoxy) is 1. The lowest BCUT2D eigenvalue weighted by molar-refractivity contribution is 0.0922. The molecular weight excluding hydrogens is 292 g/mol. The van der Waals surface area contributed by atoms with E-state index in [4.69, 9.17) is 9.26 Å². The molecule has 2 aliphatic carbocycles. The average molecular weight is 312 g/mol. The van der Waals surface area contributed by atoms with E-state index in [1.54, 1.807) is 13.2 Å². The molecule has 1 aromatic carbocycles. The standard InChI is InChI=1S/C18H20N2O3/c1-22-14-8-6-13(7-9-14)17(12-4-5-12)19-18(21)15-10-16(23-20-15)11-2-3-11/h6-12,17H,2-5H2,1H3,(H,19,21)/t17-/m1/s1. The number of amides is 1. The molecule has 4 rings (SSSR count). The third-order valence-corrected chi connectivity index (χ3v) is 4.60. The number of nitrogens with one attached hydrogen (secondary N) is 1. The number of carbonyl (C=O) groups excluding carboxylic acids is 1. The van der Waals surface area contributed by atoms with Gasteiger partial charge in [0.05, 0.1) is 13.2 Å². The van der Waals surface area contributed by atoms with E-state index < -0.39 is 0 Å². The predicted octanol–water partition coefficient (Wildman–Crippen LogP) is 3.44. The molecule has 5 nitrogen and oxygen atoms in total. The van der Waals surface area contributed by atoms with Crippen molar-refractivity contribution in [3.05, 3.63) is 47.3 Å². The zero-order valence-corrected chi connectivity index (χ0v) is 13.1. The van der Waals surface area contributed by atoms with Gasteiger partial charge in [-0.1, -0.05) is 17.3 Å². The Morgan fingerprint density at radius 2 is 2.00 bits per heavy atom. The molecule has 1 aromatic heterocycles. The number of rotatable bonds is 6. The lowest BCUT2D eigenvalue weighted by Crippen LogP contribution is -2.30. The Morgan fingerprint density at radius 3 is 2.61 bits per heavy atom. The number of nitrogens with zero attached hydrogens (tertiary/aromatic N) is 1. The molecule has 0 radical (unpaired) electrons. The molecule has 1 atom stereocenters. The number of hydrogen-bond acceptors (Lipinski definition) is 4. The fourth-order valence-corrected chi connectivity index (χ4v) is 2.89. The summed E-state index contributed by atoms with van der Waals surface area (Å²) in [4.78, 5) is 12.5. The van der Waals surface area contributed by atoms with Crippen LogP contribution in [0.5, 0.6) is 5.75 Å². The molecule has 0 unspecified atom stereocenters. The second kappa shape index (κ2) is 5.72. The van der Waals surface area contributed by atoms with Crippen molar-refractivity contribution in [2.45, 2.75) is 37.6 Å². The summed E-state index contributed by atoms with van der Waals surface area (Å²) in [5.41, 5.74) is 1.48. The molecular formula is C18H20N2O3. The molecule has 0 spiro atoms. The number of carbonyl (C=O) groups is 1. The maximum Gasteiger partial charge on any atom is 0.273 e. The van der Waals surface area contributed by atoms with Crippen molar-refractivity contribution < 1.29 is 14.1 Å². The SMILES string of the molecule is COc1ccc([C@H](NC(=O)c2cc(C3CC3)on2)C2CC2)cc1. The van der Waals surface area contributed by atoms with Crippen molar-refractivity contribution in [3.63, 3.8) is 0 Å². The van der Waals surface area contributed by atoms with E-state index >= 15 is 0 Å². The van der Waals surface area contributed by atoms with E-state index in [-0.39, 0.29) is 11.9 Å². The van der Waals surface area contributed by atoms with Crippen molar-refractivity contribution in [1.82, 2.24) is 10.5 Å². The van der Waals surface area contributed by atoms with Crippen molar-refractivity contribution in [3.8, 4) is 5.75 Å². The third-order valence-electron chi connectivity index (χ3n) is 4.60. The summed E-state index contributed by atoms with van der Waals surface area (Å²) in [6.45, 7) is 0. The monoisotopic (exact) mass is 312 g/mol. The predicted molar refractivity (Wildman–Crippen MR) is 84.4 cm³/mol. The second-order valence-electron chi connectivity index (χ2n) is 6.45. The normalized spacial score (nSPS) is 18.5. The van der Waals surface area contributed by atoms with Crippen LogP contribution < -0.4 is 10.1 Å². The smallest absolute Gasteiger partial charge is 0.273 e. The van der Waals surface area contributed by atoms with Crippen LogP contribution >= 0.6 is 0 Å². The van der Waals surface area contributed by atoms with Gasteiger partial charge in [0.2, 0.25) is 0 Å². The zero-order valence-electron chi connectivity index (χ0n) is 13.1. The minimum absolute atomic E-state index is 0.0227. The first kappa shape index (κ1) is 14.3. The molecule has 2 aliphatic rings. The largest absolute Gasteiger partial charge is 0.497 e. The number of hydrogen-bond donors (Lipinski definition) is 1. The molecule has 2 aromatic rings. The highest BCUT2D eigenvalue weighted by Gasteiger charge is 2.35. The van der Waals surface area contributed by atoms with E-state index in [0.29, 0.717) is 17.5 Å². The molecule has 2 fully saturated rings. The van der Waals surface area contributed by atoms with Gasteiger partial charge in [-0.2, -0.15) is 0 Å². The maximum absolute atomic E-state index is 12.5. The summed E-state index contributed by atoms with van der Waals surface area (Å²) < 4.78 is 10.5. The fraction of sp³-hybridized carbons (Fsp3) is 0.444. The summed E-state index contributed by atoms with van der Waals surface area (Å²) in [5, 5.41) is 7.04. The van der Waals surface area contributed by atoms with Crippen LogP contribution in [0.1, 0.15) is 59.5 Å². The van der Waals surface area contributed by atoms with Crippen molar-refractivity contribution in [1.29, 1.82) is 0 Å². The van der Waals surface area contributed by atoms with Crippen LogP contribution in [0, 0.1) is 5.92 Å². The first-order valence-corrected chi connectivity index (χ1v) is 8.16. The molecule has 0 bridgehead atoms. The van der Waals surface area contributed by atoms with Crippen LogP contribution in [-0.4, -0.2) is 18.2 Å². The lowest BCUT2D eigenvalue weighted by Gasteiger charge is -2.18. The number of methoxy groups -OCH3 is 1. The van der Waals surface area contributed by atoms with Gasteiger partial charge in [0.15, 0.2) is 5.69 Å². The van der Waals surface area contributed by atoms with Crippen LogP contribution in [0.3, 0.4) is 0 Å². The first-order chi connectivity index (χ1) is 11.2. The van der Waals surface area contributed by atoms with Crippen LogP contribution in [0.4, 0.5) is 0 Å². The van der Waals surface area contributed by atoms with Gasteiger partial charge in [0.25, 0.3) is 5.91 Å². The Hall–Kier alpha value is -2.30. The van der Waals surface area contributed by atoms with Crippen LogP contribution in [-0.2, 0) is 0 Å². The molecule has 0 saturated heterocycles. The Kier molecular flexibility index (Phi) is 3.56. The summed E-state index contributed by atoms with van der Waals surface area (Å²) in [6, 6.07) is 9.69. The molecule has 23 heavy (non-hydrogen) atoms. The van der Waals surface area contributed by atoms with E-state index in [0.717, 1.165) is 42.8 Å². The third kappa shape index (κ3) is 3.09. The summed E-state index contributed by atoms with van der Waals surface area (Å²) in [6.07, 6.45) is 4.55. The van der Waals surface area contributed by atoms with Gasteiger partial charge in [0, 0.05) is 12.0 Å². The van der Waals surface area contributed by atoms with E-state index in [1.165, 1.54) is 0 Å². The molecule has 2 saturated carbocycles. The Morgan fingerprint density at radius 1 is 1.26 bits per heavy atom. The van der Waals surface area contributed by atoms with Gasteiger partial charge in [-0.3, -0.25) is 4.79 Å². The maximum atomic E-state index is 12.5. The van der Waals surface area contributed by atoms with Crippen LogP contribution in [0.15, 0.2) is 34.9 Å². The van der Waals surface area contributed by atoms with Gasteiger partial charge >= 0.3 is 0 Å². The van der Waals surface area contributed by atoms with Crippen LogP contribution in [0.25, 0.3) is 0 Å². The molecule has 5 heteroatoms. The molecule has 1 heterocycles. The topological polar surface area (TPSA) is 64.4 Å². The van der Waals surface area contributed by atoms with Crippen molar-refractivity contribution in [2.24, 2.45) is 5.92 Å². The van der Waals surface area contributed by atoms with E-state index in [2.05, 4.69) is 10.5 Å². The summed E-state index contributed by atoms with van der Waals surface area (Å²) in [7, 11) is 1.65. The van der Waals surface area contributed by atoms with E-state index in [1.807, 2.05) is 24.3 Å². The number of aromatic nitrogens is 1.